The molecule has 64 valence electrons. The molecule has 1 aromatic heterocycles. The summed E-state index contributed by atoms with van der Waals surface area (Å²) in [5.41, 5.74) is 2.96. The maximum absolute atomic E-state index is 11.1. The molecule has 2 rings (SSSR count). The van der Waals surface area contributed by atoms with Crippen LogP contribution in [0.15, 0.2) is 10.9 Å². The number of nitrogens with zero attached hydrogens (tertiary/aromatic N) is 1. The van der Waals surface area contributed by atoms with Crippen molar-refractivity contribution in [2.75, 3.05) is 0 Å². The Morgan fingerprint density at radius 1 is 1.58 bits per heavy atom. The Hall–Kier alpha value is -0.700. The summed E-state index contributed by atoms with van der Waals surface area (Å²) in [6, 6.07) is 0. The van der Waals surface area contributed by atoms with Crippen LogP contribution in [0.3, 0.4) is 0 Å². The van der Waals surface area contributed by atoms with E-state index in [1.54, 1.807) is 11.3 Å². The van der Waals surface area contributed by atoms with Gasteiger partial charge in [-0.1, -0.05) is 0 Å². The highest BCUT2D eigenvalue weighted by Gasteiger charge is 2.21. The first-order chi connectivity index (χ1) is 5.86. The Labute approximate surface area is 75.6 Å². The number of carbonyl (C=O) groups excluding carboxylic acids is 1. The second-order valence-corrected chi connectivity index (χ2v) is 3.96. The van der Waals surface area contributed by atoms with Gasteiger partial charge in [0.2, 0.25) is 0 Å². The largest absolute Gasteiger partial charge is 0.300 e. The summed E-state index contributed by atoms with van der Waals surface area (Å²) in [6.45, 7) is 0. The molecule has 3 heteroatoms. The number of ketones is 1. The van der Waals surface area contributed by atoms with Crippen LogP contribution in [0.4, 0.5) is 0 Å². The van der Waals surface area contributed by atoms with E-state index in [4.69, 9.17) is 0 Å². The lowest BCUT2D eigenvalue weighted by atomic mass is 9.87. The number of carbonyl (C=O) groups is 1. The van der Waals surface area contributed by atoms with Crippen LogP contribution in [-0.2, 0) is 4.79 Å². The first kappa shape index (κ1) is 7.92. The van der Waals surface area contributed by atoms with Crippen LogP contribution in [0.25, 0.3) is 0 Å². The third kappa shape index (κ3) is 1.55. The molecule has 0 amide bonds. The van der Waals surface area contributed by atoms with E-state index < -0.39 is 0 Å². The zero-order chi connectivity index (χ0) is 8.39. The fourth-order valence-corrected chi connectivity index (χ4v) is 2.34. The summed E-state index contributed by atoms with van der Waals surface area (Å²) >= 11 is 1.61. The Bertz CT molecular complexity index is 268. The van der Waals surface area contributed by atoms with Gasteiger partial charge >= 0.3 is 0 Å². The molecule has 1 aromatic rings. The average molecular weight is 181 g/mol. The van der Waals surface area contributed by atoms with Gasteiger partial charge in [0, 0.05) is 24.1 Å². The molecular weight excluding hydrogens is 170 g/mol. The second-order valence-electron chi connectivity index (χ2n) is 3.25. The summed E-state index contributed by atoms with van der Waals surface area (Å²) < 4.78 is 0. The van der Waals surface area contributed by atoms with Gasteiger partial charge in [0.15, 0.2) is 0 Å². The van der Waals surface area contributed by atoms with E-state index in [0.29, 0.717) is 18.1 Å². The zero-order valence-electron chi connectivity index (χ0n) is 6.82. The molecule has 0 spiro atoms. The number of hydrogen-bond acceptors (Lipinski definition) is 3. The first-order valence-electron chi connectivity index (χ1n) is 4.26. The van der Waals surface area contributed by atoms with Gasteiger partial charge in [0.05, 0.1) is 11.2 Å². The molecule has 1 heterocycles. The van der Waals surface area contributed by atoms with E-state index in [1.165, 1.54) is 0 Å². The Kier molecular flexibility index (Phi) is 2.21. The maximum Gasteiger partial charge on any atom is 0.133 e. The summed E-state index contributed by atoms with van der Waals surface area (Å²) in [5, 5.41) is 2.06. The highest BCUT2D eigenvalue weighted by Crippen LogP contribution is 2.30. The molecule has 0 saturated heterocycles. The highest BCUT2D eigenvalue weighted by atomic mass is 32.1. The molecule has 1 unspecified atom stereocenters. The fraction of sp³-hybridized carbons (Fsp3) is 0.556. The van der Waals surface area contributed by atoms with Crippen LogP contribution in [0, 0.1) is 0 Å². The lowest BCUT2D eigenvalue weighted by Crippen LogP contribution is -2.13. The molecule has 1 aliphatic carbocycles. The summed E-state index contributed by atoms with van der Waals surface area (Å²) in [4.78, 5) is 15.4. The SMILES string of the molecule is O=C1CCCC(c2cscn2)C1. The summed E-state index contributed by atoms with van der Waals surface area (Å²) in [7, 11) is 0. The topological polar surface area (TPSA) is 30.0 Å². The van der Waals surface area contributed by atoms with Crippen molar-refractivity contribution in [2.24, 2.45) is 0 Å². The van der Waals surface area contributed by atoms with E-state index in [0.717, 1.165) is 25.0 Å². The van der Waals surface area contributed by atoms with Crippen LogP contribution in [0.5, 0.6) is 0 Å². The van der Waals surface area contributed by atoms with Crippen LogP contribution < -0.4 is 0 Å². The van der Waals surface area contributed by atoms with Crippen LogP contribution in [0.1, 0.15) is 37.3 Å². The van der Waals surface area contributed by atoms with Gasteiger partial charge in [0.1, 0.15) is 5.78 Å². The van der Waals surface area contributed by atoms with E-state index in [-0.39, 0.29) is 0 Å². The molecule has 0 N–H and O–H groups in total. The highest BCUT2D eigenvalue weighted by molar-refractivity contribution is 7.07. The van der Waals surface area contributed by atoms with E-state index >= 15 is 0 Å². The zero-order valence-corrected chi connectivity index (χ0v) is 7.64. The molecule has 1 fully saturated rings. The molecular formula is C9H11NOS. The quantitative estimate of drug-likeness (QED) is 0.665. The van der Waals surface area contributed by atoms with Gasteiger partial charge < -0.3 is 0 Å². The normalized spacial score (nSPS) is 24.3. The number of rotatable bonds is 1. The molecule has 2 nitrogen and oxygen atoms in total. The molecule has 1 aliphatic rings. The Balaban J connectivity index is 2.09. The van der Waals surface area contributed by atoms with Gasteiger partial charge in [0.25, 0.3) is 0 Å². The molecule has 0 bridgehead atoms. The third-order valence-electron chi connectivity index (χ3n) is 2.35. The van der Waals surface area contributed by atoms with Crippen molar-refractivity contribution in [1.82, 2.24) is 4.98 Å². The first-order valence-corrected chi connectivity index (χ1v) is 5.20. The van der Waals surface area contributed by atoms with E-state index in [1.807, 2.05) is 5.51 Å². The minimum Gasteiger partial charge on any atom is -0.300 e. The van der Waals surface area contributed by atoms with Crippen LogP contribution in [0.2, 0.25) is 0 Å². The Morgan fingerprint density at radius 2 is 2.50 bits per heavy atom. The molecule has 12 heavy (non-hydrogen) atoms. The molecule has 0 aromatic carbocycles. The summed E-state index contributed by atoms with van der Waals surface area (Å²) in [5.74, 6) is 0.816. The molecule has 0 radical (unpaired) electrons. The van der Waals surface area contributed by atoms with E-state index in [2.05, 4.69) is 10.4 Å². The lowest BCUT2D eigenvalue weighted by molar-refractivity contribution is -0.120. The lowest BCUT2D eigenvalue weighted by Gasteiger charge is -2.18. The predicted octanol–water partition coefficient (Wildman–Crippen LogP) is 2.37. The fourth-order valence-electron chi connectivity index (χ4n) is 1.70. The van der Waals surface area contributed by atoms with Gasteiger partial charge in [-0.2, -0.15) is 0 Å². The monoisotopic (exact) mass is 181 g/mol. The van der Waals surface area contributed by atoms with Crippen molar-refractivity contribution in [3.05, 3.63) is 16.6 Å². The number of Topliss-reactive ketones (excluding diaryl/α,β-unsaturated/α-hetero) is 1. The standard InChI is InChI=1S/C9H11NOS/c11-8-3-1-2-7(4-8)9-5-12-6-10-9/h5-7H,1-4H2. The number of hydrogen-bond donors (Lipinski definition) is 0. The molecule has 1 atom stereocenters. The second kappa shape index (κ2) is 3.35. The van der Waals surface area contributed by atoms with Gasteiger partial charge in [-0.25, -0.2) is 4.98 Å². The van der Waals surface area contributed by atoms with Crippen molar-refractivity contribution in [2.45, 2.75) is 31.6 Å². The predicted molar refractivity (Wildman–Crippen MR) is 48.3 cm³/mol. The maximum atomic E-state index is 11.1. The summed E-state index contributed by atoms with van der Waals surface area (Å²) in [6.07, 6.45) is 3.67. The van der Waals surface area contributed by atoms with Crippen LogP contribution in [-0.4, -0.2) is 10.8 Å². The third-order valence-corrected chi connectivity index (χ3v) is 2.96. The van der Waals surface area contributed by atoms with Crippen molar-refractivity contribution in [1.29, 1.82) is 0 Å². The van der Waals surface area contributed by atoms with Crippen molar-refractivity contribution < 1.29 is 4.79 Å². The Morgan fingerprint density at radius 3 is 3.17 bits per heavy atom. The number of thiazole rings is 1. The van der Waals surface area contributed by atoms with E-state index in [9.17, 15) is 4.79 Å². The van der Waals surface area contributed by atoms with Crippen molar-refractivity contribution in [3.63, 3.8) is 0 Å². The minimum atomic E-state index is 0.402. The molecule has 1 saturated carbocycles. The minimum absolute atomic E-state index is 0.402. The van der Waals surface area contributed by atoms with Crippen molar-refractivity contribution in [3.8, 4) is 0 Å². The molecule has 0 aliphatic heterocycles. The smallest absolute Gasteiger partial charge is 0.133 e. The number of aromatic nitrogens is 1. The average Bonchev–Trinajstić information content (AvgIpc) is 2.56. The van der Waals surface area contributed by atoms with Crippen LogP contribution >= 0.6 is 11.3 Å². The van der Waals surface area contributed by atoms with Gasteiger partial charge in [-0.15, -0.1) is 11.3 Å². The van der Waals surface area contributed by atoms with Gasteiger partial charge in [-0.05, 0) is 12.8 Å². The van der Waals surface area contributed by atoms with Crippen molar-refractivity contribution >= 4 is 17.1 Å². The van der Waals surface area contributed by atoms with Gasteiger partial charge in [-0.3, -0.25) is 4.79 Å².